The average molecular weight is 451 g/mol. The summed E-state index contributed by atoms with van der Waals surface area (Å²) in [4.78, 5) is 8.23. The quantitative estimate of drug-likeness (QED) is 0.383. The van der Waals surface area contributed by atoms with Crippen LogP contribution in [0, 0.1) is 17.6 Å². The van der Waals surface area contributed by atoms with Crippen molar-refractivity contribution in [1.29, 1.82) is 0 Å². The molecule has 2 nitrogen and oxygen atoms in total. The highest BCUT2D eigenvalue weighted by Gasteiger charge is 2.25. The Morgan fingerprint density at radius 2 is 1.75 bits per heavy atom. The van der Waals surface area contributed by atoms with Gasteiger partial charge in [-0.3, -0.25) is 0 Å². The molecule has 0 radical (unpaired) electrons. The monoisotopic (exact) mass is 450 g/mol. The number of hydrogen-bond donors (Lipinski definition) is 0. The lowest BCUT2D eigenvalue weighted by atomic mass is 9.78. The van der Waals surface area contributed by atoms with Crippen LogP contribution in [0.3, 0.4) is 0 Å². The molecule has 0 bridgehead atoms. The van der Waals surface area contributed by atoms with Gasteiger partial charge in [0.15, 0.2) is 17.5 Å². The number of rotatable bonds is 8. The number of hydrogen-bond acceptors (Lipinski definition) is 2. The summed E-state index contributed by atoms with van der Waals surface area (Å²) >= 11 is 3.27. The summed E-state index contributed by atoms with van der Waals surface area (Å²) < 4.78 is 30.7. The molecular weight excluding hydrogens is 422 g/mol. The minimum atomic E-state index is -0.830. The molecule has 1 heterocycles. The van der Waals surface area contributed by atoms with Crippen LogP contribution in [-0.2, 0) is 0 Å². The van der Waals surface area contributed by atoms with Gasteiger partial charge in [0.05, 0.1) is 10.0 Å². The summed E-state index contributed by atoms with van der Waals surface area (Å²) in [6.07, 6.45) is 14.6. The molecule has 28 heavy (non-hydrogen) atoms. The van der Waals surface area contributed by atoms with Gasteiger partial charge in [0, 0.05) is 12.4 Å². The Morgan fingerprint density at radius 1 is 1.04 bits per heavy atom. The van der Waals surface area contributed by atoms with Crippen molar-refractivity contribution in [3.63, 3.8) is 0 Å². The van der Waals surface area contributed by atoms with E-state index in [-0.39, 0.29) is 17.3 Å². The summed E-state index contributed by atoms with van der Waals surface area (Å²) in [7, 11) is 0. The SMILES string of the molecule is CCCCCC(CC1CCCCC1)c1ccc(-c2ncc(Br)cn2)c(F)c1F. The Labute approximate surface area is 175 Å². The van der Waals surface area contributed by atoms with Crippen LogP contribution in [0.2, 0.25) is 0 Å². The van der Waals surface area contributed by atoms with E-state index in [0.29, 0.717) is 16.0 Å². The van der Waals surface area contributed by atoms with E-state index in [0.717, 1.165) is 32.1 Å². The first-order valence-corrected chi connectivity index (χ1v) is 11.3. The Balaban J connectivity index is 1.85. The number of aromatic nitrogens is 2. The van der Waals surface area contributed by atoms with Gasteiger partial charge in [0.25, 0.3) is 0 Å². The van der Waals surface area contributed by atoms with Crippen LogP contribution in [0.15, 0.2) is 29.0 Å². The molecule has 3 rings (SSSR count). The zero-order valence-corrected chi connectivity index (χ0v) is 18.1. The molecule has 1 saturated carbocycles. The molecule has 0 spiro atoms. The Morgan fingerprint density at radius 3 is 2.43 bits per heavy atom. The van der Waals surface area contributed by atoms with E-state index >= 15 is 4.39 Å². The highest BCUT2D eigenvalue weighted by Crippen LogP contribution is 2.38. The number of benzene rings is 1. The molecule has 1 aromatic carbocycles. The predicted molar refractivity (Wildman–Crippen MR) is 113 cm³/mol. The van der Waals surface area contributed by atoms with Crippen LogP contribution in [-0.4, -0.2) is 9.97 Å². The minimum absolute atomic E-state index is 0.0871. The maximum absolute atomic E-state index is 15.1. The van der Waals surface area contributed by atoms with E-state index in [4.69, 9.17) is 0 Å². The molecule has 152 valence electrons. The maximum atomic E-state index is 15.1. The molecule has 5 heteroatoms. The maximum Gasteiger partial charge on any atom is 0.170 e. The predicted octanol–water partition coefficient (Wildman–Crippen LogP) is 7.82. The van der Waals surface area contributed by atoms with Gasteiger partial charge < -0.3 is 0 Å². The van der Waals surface area contributed by atoms with Gasteiger partial charge in [-0.05, 0) is 52.2 Å². The van der Waals surface area contributed by atoms with E-state index in [2.05, 4.69) is 32.8 Å². The van der Waals surface area contributed by atoms with Crippen molar-refractivity contribution in [2.75, 3.05) is 0 Å². The third-order valence-corrected chi connectivity index (χ3v) is 6.32. The molecule has 0 aliphatic heterocycles. The van der Waals surface area contributed by atoms with E-state index in [1.54, 1.807) is 24.5 Å². The van der Waals surface area contributed by atoms with E-state index in [1.807, 2.05) is 0 Å². The minimum Gasteiger partial charge on any atom is -0.235 e. The van der Waals surface area contributed by atoms with Gasteiger partial charge in [0.2, 0.25) is 0 Å². The molecule has 0 saturated heterocycles. The van der Waals surface area contributed by atoms with Gasteiger partial charge in [-0.15, -0.1) is 0 Å². The van der Waals surface area contributed by atoms with Crippen molar-refractivity contribution in [1.82, 2.24) is 9.97 Å². The van der Waals surface area contributed by atoms with Crippen LogP contribution in [0.25, 0.3) is 11.4 Å². The highest BCUT2D eigenvalue weighted by atomic mass is 79.9. The Kier molecular flexibility index (Phi) is 7.95. The lowest BCUT2D eigenvalue weighted by molar-refractivity contribution is 0.306. The first-order valence-electron chi connectivity index (χ1n) is 10.6. The Hall–Kier alpha value is -1.36. The van der Waals surface area contributed by atoms with Crippen molar-refractivity contribution in [3.8, 4) is 11.4 Å². The third kappa shape index (κ3) is 5.37. The van der Waals surface area contributed by atoms with Crippen molar-refractivity contribution in [3.05, 3.63) is 46.2 Å². The average Bonchev–Trinajstić information content (AvgIpc) is 2.71. The lowest BCUT2D eigenvalue weighted by Gasteiger charge is -2.27. The Bertz CT molecular complexity index is 758. The normalized spacial score (nSPS) is 16.3. The molecule has 1 aliphatic rings. The third-order valence-electron chi connectivity index (χ3n) is 5.91. The van der Waals surface area contributed by atoms with Gasteiger partial charge in [-0.1, -0.05) is 64.4 Å². The van der Waals surface area contributed by atoms with Crippen LogP contribution < -0.4 is 0 Å². The summed E-state index contributed by atoms with van der Waals surface area (Å²) in [6, 6.07) is 3.41. The van der Waals surface area contributed by atoms with E-state index in [1.165, 1.54) is 32.1 Å². The number of halogens is 3. The van der Waals surface area contributed by atoms with E-state index in [9.17, 15) is 4.39 Å². The fraction of sp³-hybridized carbons (Fsp3) is 0.565. The standard InChI is InChI=1S/C23H29BrF2N2/c1-2-3-5-10-17(13-16-8-6-4-7-9-16)19-11-12-20(22(26)21(19)25)23-27-14-18(24)15-28-23/h11-12,14-17H,2-10,13H2,1H3. The van der Waals surface area contributed by atoms with Crippen LogP contribution in [0.1, 0.15) is 82.6 Å². The van der Waals surface area contributed by atoms with Gasteiger partial charge in [-0.25, -0.2) is 18.7 Å². The van der Waals surface area contributed by atoms with Gasteiger partial charge in [0.1, 0.15) is 0 Å². The first-order chi connectivity index (χ1) is 13.6. The smallest absolute Gasteiger partial charge is 0.170 e. The zero-order valence-electron chi connectivity index (χ0n) is 16.6. The highest BCUT2D eigenvalue weighted by molar-refractivity contribution is 9.10. The second-order valence-electron chi connectivity index (χ2n) is 7.99. The van der Waals surface area contributed by atoms with Crippen molar-refractivity contribution < 1.29 is 8.78 Å². The van der Waals surface area contributed by atoms with E-state index < -0.39 is 11.6 Å². The van der Waals surface area contributed by atoms with Crippen molar-refractivity contribution in [2.45, 2.75) is 77.0 Å². The zero-order chi connectivity index (χ0) is 19.9. The molecule has 2 aromatic rings. The second kappa shape index (κ2) is 10.4. The topological polar surface area (TPSA) is 25.8 Å². The number of unbranched alkanes of at least 4 members (excludes halogenated alkanes) is 2. The fourth-order valence-corrected chi connectivity index (χ4v) is 4.57. The summed E-state index contributed by atoms with van der Waals surface area (Å²) in [5, 5.41) is 0. The molecule has 0 amide bonds. The summed E-state index contributed by atoms with van der Waals surface area (Å²) in [6.45, 7) is 2.17. The largest absolute Gasteiger partial charge is 0.235 e. The second-order valence-corrected chi connectivity index (χ2v) is 8.90. The van der Waals surface area contributed by atoms with Crippen LogP contribution >= 0.6 is 15.9 Å². The summed E-state index contributed by atoms with van der Waals surface area (Å²) in [5.74, 6) is -0.618. The molecule has 1 unspecified atom stereocenters. The first kappa shape index (κ1) is 21.4. The van der Waals surface area contributed by atoms with Gasteiger partial charge in [-0.2, -0.15) is 0 Å². The number of nitrogens with zero attached hydrogens (tertiary/aromatic N) is 2. The van der Waals surface area contributed by atoms with Crippen LogP contribution in [0.4, 0.5) is 8.78 Å². The molecule has 1 aliphatic carbocycles. The molecule has 0 N–H and O–H groups in total. The molecule has 1 fully saturated rings. The molecule has 1 aromatic heterocycles. The van der Waals surface area contributed by atoms with Gasteiger partial charge >= 0.3 is 0 Å². The van der Waals surface area contributed by atoms with Crippen molar-refractivity contribution >= 4 is 15.9 Å². The van der Waals surface area contributed by atoms with Crippen LogP contribution in [0.5, 0.6) is 0 Å². The summed E-state index contributed by atoms with van der Waals surface area (Å²) in [5.41, 5.74) is 0.652. The molecule has 1 atom stereocenters. The molecular formula is C23H29BrF2N2. The lowest BCUT2D eigenvalue weighted by Crippen LogP contribution is -2.13. The van der Waals surface area contributed by atoms with Crippen molar-refractivity contribution in [2.24, 2.45) is 5.92 Å². The fourth-order valence-electron chi connectivity index (χ4n) is 4.37.